The fourth-order valence-electron chi connectivity index (χ4n) is 1.56. The Morgan fingerprint density at radius 2 is 1.67 bits per heavy atom. The molecule has 0 aromatic rings. The molecule has 0 aliphatic heterocycles. The third kappa shape index (κ3) is 4.62. The molecule has 0 bridgehead atoms. The van der Waals surface area contributed by atoms with Gasteiger partial charge in [-0.3, -0.25) is 4.57 Å². The lowest BCUT2D eigenvalue weighted by atomic mass is 9.93. The fraction of sp³-hybridized carbons (Fsp3) is 1.00. The highest BCUT2D eigenvalue weighted by Crippen LogP contribution is 2.48. The maximum absolute atomic E-state index is 11.0. The normalized spacial score (nSPS) is 15.7. The van der Waals surface area contributed by atoms with Crippen LogP contribution in [-0.2, 0) is 4.57 Å². The molecule has 0 aliphatic rings. The first-order chi connectivity index (χ1) is 6.65. The summed E-state index contributed by atoms with van der Waals surface area (Å²) in [6.07, 6.45) is 0. The summed E-state index contributed by atoms with van der Waals surface area (Å²) in [6.45, 7) is 9.34. The number of hydrogen-bond donors (Lipinski definition) is 3. The quantitative estimate of drug-likeness (QED) is 0.599. The third-order valence-corrected chi connectivity index (χ3v) is 3.88. The smallest absolute Gasteiger partial charge is 0.354 e. The molecule has 0 aliphatic carbocycles. The summed E-state index contributed by atoms with van der Waals surface area (Å²) in [5.41, 5.74) is -0.814. The van der Waals surface area contributed by atoms with Crippen molar-refractivity contribution in [1.29, 1.82) is 0 Å². The highest BCUT2D eigenvalue weighted by Gasteiger charge is 2.41. The van der Waals surface area contributed by atoms with Crippen LogP contribution >= 0.6 is 7.60 Å². The SMILES string of the molecule is CCN(CC)CC(C)(C)C(O)P(=O)(O)O. The van der Waals surface area contributed by atoms with E-state index in [-0.39, 0.29) is 0 Å². The summed E-state index contributed by atoms with van der Waals surface area (Å²) < 4.78 is 11.0. The van der Waals surface area contributed by atoms with E-state index in [0.717, 1.165) is 13.1 Å². The zero-order chi connectivity index (χ0) is 12.3. The van der Waals surface area contributed by atoms with Crippen LogP contribution in [-0.4, -0.2) is 45.3 Å². The summed E-state index contributed by atoms with van der Waals surface area (Å²) in [5, 5.41) is 9.56. The van der Waals surface area contributed by atoms with Crippen molar-refractivity contribution in [1.82, 2.24) is 4.90 Å². The molecule has 0 saturated carbocycles. The second-order valence-electron chi connectivity index (χ2n) is 4.41. The van der Waals surface area contributed by atoms with E-state index >= 15 is 0 Å². The van der Waals surface area contributed by atoms with Crippen molar-refractivity contribution < 1.29 is 19.5 Å². The van der Waals surface area contributed by atoms with Crippen LogP contribution in [0.1, 0.15) is 27.7 Å². The molecule has 6 heteroatoms. The molecule has 0 rings (SSSR count). The van der Waals surface area contributed by atoms with Crippen LogP contribution in [0, 0.1) is 5.41 Å². The van der Waals surface area contributed by atoms with Gasteiger partial charge in [-0.05, 0) is 13.1 Å². The van der Waals surface area contributed by atoms with Crippen molar-refractivity contribution in [2.45, 2.75) is 33.5 Å². The Labute approximate surface area is 91.3 Å². The largest absolute Gasteiger partial charge is 0.380 e. The predicted octanol–water partition coefficient (Wildman–Crippen LogP) is 0.850. The molecule has 3 N–H and O–H groups in total. The molecule has 0 fully saturated rings. The topological polar surface area (TPSA) is 81.0 Å². The molecule has 0 spiro atoms. The van der Waals surface area contributed by atoms with E-state index < -0.39 is 18.9 Å². The standard InChI is InChI=1S/C9H22NO4P/c1-5-10(6-2)7-9(3,4)8(11)15(12,13)14/h8,11H,5-7H2,1-4H3,(H2,12,13,14). The molecule has 0 heterocycles. The fourth-order valence-corrected chi connectivity index (χ4v) is 2.55. The summed E-state index contributed by atoms with van der Waals surface area (Å²) >= 11 is 0. The van der Waals surface area contributed by atoms with Gasteiger partial charge in [-0.15, -0.1) is 0 Å². The van der Waals surface area contributed by atoms with Crippen molar-refractivity contribution in [3.05, 3.63) is 0 Å². The van der Waals surface area contributed by atoms with E-state index in [9.17, 15) is 9.67 Å². The molecular formula is C9H22NO4P. The molecule has 15 heavy (non-hydrogen) atoms. The lowest BCUT2D eigenvalue weighted by Crippen LogP contribution is -2.41. The Balaban J connectivity index is 4.60. The second kappa shape index (κ2) is 5.41. The van der Waals surface area contributed by atoms with E-state index in [1.54, 1.807) is 13.8 Å². The van der Waals surface area contributed by atoms with Gasteiger partial charge in [-0.2, -0.15) is 0 Å². The Morgan fingerprint density at radius 3 is 1.93 bits per heavy atom. The average molecular weight is 239 g/mol. The van der Waals surface area contributed by atoms with Gasteiger partial charge in [0.25, 0.3) is 0 Å². The van der Waals surface area contributed by atoms with Crippen LogP contribution in [0.15, 0.2) is 0 Å². The number of rotatable bonds is 6. The van der Waals surface area contributed by atoms with Gasteiger partial charge in [0.15, 0.2) is 5.85 Å². The van der Waals surface area contributed by atoms with E-state index in [1.165, 1.54) is 0 Å². The Bertz CT molecular complexity index is 234. The molecule has 0 amide bonds. The summed E-state index contributed by atoms with van der Waals surface area (Å²) in [7, 11) is -4.43. The van der Waals surface area contributed by atoms with E-state index in [1.807, 2.05) is 18.7 Å². The highest BCUT2D eigenvalue weighted by molar-refractivity contribution is 7.52. The molecule has 92 valence electrons. The average Bonchev–Trinajstić information content (AvgIpc) is 2.11. The summed E-state index contributed by atoms with van der Waals surface area (Å²) in [5.74, 6) is -1.61. The Morgan fingerprint density at radius 1 is 1.27 bits per heavy atom. The van der Waals surface area contributed by atoms with Crippen molar-refractivity contribution in [2.24, 2.45) is 5.41 Å². The molecule has 0 radical (unpaired) electrons. The van der Waals surface area contributed by atoms with Crippen molar-refractivity contribution >= 4 is 7.60 Å². The first-order valence-electron chi connectivity index (χ1n) is 5.10. The molecule has 0 saturated heterocycles. The van der Waals surface area contributed by atoms with Crippen LogP contribution in [0.4, 0.5) is 0 Å². The van der Waals surface area contributed by atoms with Gasteiger partial charge >= 0.3 is 7.60 Å². The van der Waals surface area contributed by atoms with Crippen LogP contribution in [0.3, 0.4) is 0 Å². The number of hydrogen-bond acceptors (Lipinski definition) is 3. The van der Waals surface area contributed by atoms with Gasteiger partial charge < -0.3 is 19.8 Å². The minimum atomic E-state index is -4.43. The zero-order valence-electron chi connectivity index (χ0n) is 9.84. The van der Waals surface area contributed by atoms with Gasteiger partial charge in [0.05, 0.1) is 0 Å². The van der Waals surface area contributed by atoms with Crippen molar-refractivity contribution in [2.75, 3.05) is 19.6 Å². The van der Waals surface area contributed by atoms with Crippen LogP contribution in [0.25, 0.3) is 0 Å². The molecule has 5 nitrogen and oxygen atoms in total. The van der Waals surface area contributed by atoms with Gasteiger partial charge in [0.1, 0.15) is 0 Å². The first kappa shape index (κ1) is 15.1. The van der Waals surface area contributed by atoms with Gasteiger partial charge in [-0.1, -0.05) is 27.7 Å². The predicted molar refractivity (Wildman–Crippen MR) is 59.6 cm³/mol. The van der Waals surface area contributed by atoms with Gasteiger partial charge in [-0.25, -0.2) is 0 Å². The van der Waals surface area contributed by atoms with Crippen LogP contribution < -0.4 is 0 Å². The zero-order valence-corrected chi connectivity index (χ0v) is 10.7. The lowest BCUT2D eigenvalue weighted by Gasteiger charge is -2.35. The lowest BCUT2D eigenvalue weighted by molar-refractivity contribution is 0.0591. The monoisotopic (exact) mass is 239 g/mol. The maximum Gasteiger partial charge on any atom is 0.354 e. The number of aliphatic hydroxyl groups excluding tert-OH is 1. The van der Waals surface area contributed by atoms with Crippen molar-refractivity contribution in [3.63, 3.8) is 0 Å². The van der Waals surface area contributed by atoms with Gasteiger partial charge in [0, 0.05) is 12.0 Å². The minimum absolute atomic E-state index is 0.465. The molecule has 1 unspecified atom stereocenters. The molecule has 1 atom stereocenters. The minimum Gasteiger partial charge on any atom is -0.380 e. The Kier molecular flexibility index (Phi) is 5.44. The highest BCUT2D eigenvalue weighted by atomic mass is 31.2. The molecular weight excluding hydrogens is 217 g/mol. The van der Waals surface area contributed by atoms with Crippen LogP contribution in [0.2, 0.25) is 0 Å². The summed E-state index contributed by atoms with van der Waals surface area (Å²) in [4.78, 5) is 19.9. The van der Waals surface area contributed by atoms with E-state index in [4.69, 9.17) is 9.79 Å². The maximum atomic E-state index is 11.0. The van der Waals surface area contributed by atoms with Crippen molar-refractivity contribution in [3.8, 4) is 0 Å². The molecule has 0 aromatic carbocycles. The Hall–Kier alpha value is 0.0700. The van der Waals surface area contributed by atoms with Crippen LogP contribution in [0.5, 0.6) is 0 Å². The summed E-state index contributed by atoms with van der Waals surface area (Å²) in [6, 6.07) is 0. The number of aliphatic hydroxyl groups is 1. The van der Waals surface area contributed by atoms with E-state index in [2.05, 4.69) is 0 Å². The molecule has 0 aromatic heterocycles. The third-order valence-electron chi connectivity index (χ3n) is 2.54. The first-order valence-corrected chi connectivity index (χ1v) is 6.79. The number of nitrogens with zero attached hydrogens (tertiary/aromatic N) is 1. The van der Waals surface area contributed by atoms with Gasteiger partial charge in [0.2, 0.25) is 0 Å². The van der Waals surface area contributed by atoms with E-state index in [0.29, 0.717) is 6.54 Å². The second-order valence-corrected chi connectivity index (χ2v) is 6.08.